The number of hydrogen-bond donors (Lipinski definition) is 2. The van der Waals surface area contributed by atoms with E-state index in [2.05, 4.69) is 5.32 Å². The van der Waals surface area contributed by atoms with E-state index in [0.717, 1.165) is 4.90 Å². The van der Waals surface area contributed by atoms with Crippen LogP contribution in [-0.4, -0.2) is 19.5 Å². The molecule has 2 rings (SSSR count). The van der Waals surface area contributed by atoms with Gasteiger partial charge in [0.1, 0.15) is 12.4 Å². The molecule has 0 bridgehead atoms. The minimum absolute atomic E-state index is 0.176. The number of carbonyl (C=O) groups is 1. The highest BCUT2D eigenvalue weighted by molar-refractivity contribution is 6.33. The minimum atomic E-state index is -0.363. The molecular formula is C16H16Cl2FN2O+. The second-order valence-electron chi connectivity index (χ2n) is 5.04. The van der Waals surface area contributed by atoms with Gasteiger partial charge in [0.2, 0.25) is 0 Å². The van der Waals surface area contributed by atoms with Crippen molar-refractivity contribution in [3.8, 4) is 0 Å². The lowest BCUT2D eigenvalue weighted by Gasteiger charge is -2.15. The van der Waals surface area contributed by atoms with Crippen molar-refractivity contribution in [2.45, 2.75) is 6.54 Å². The van der Waals surface area contributed by atoms with Crippen LogP contribution in [0.3, 0.4) is 0 Å². The number of amides is 1. The molecule has 2 aromatic rings. The Morgan fingerprint density at radius 2 is 1.82 bits per heavy atom. The van der Waals surface area contributed by atoms with Gasteiger partial charge in [-0.3, -0.25) is 4.79 Å². The maximum atomic E-state index is 13.7. The summed E-state index contributed by atoms with van der Waals surface area (Å²) in [6.45, 7) is 0.497. The van der Waals surface area contributed by atoms with Crippen LogP contribution in [0.4, 0.5) is 10.1 Å². The van der Waals surface area contributed by atoms with Gasteiger partial charge in [-0.05, 0) is 24.3 Å². The van der Waals surface area contributed by atoms with Crippen molar-refractivity contribution in [2.75, 3.05) is 18.9 Å². The van der Waals surface area contributed by atoms with E-state index in [4.69, 9.17) is 23.2 Å². The molecule has 0 saturated heterocycles. The predicted molar refractivity (Wildman–Crippen MR) is 86.9 cm³/mol. The van der Waals surface area contributed by atoms with Crippen LogP contribution >= 0.6 is 23.2 Å². The van der Waals surface area contributed by atoms with Crippen LogP contribution in [0, 0.1) is 5.82 Å². The Balaban J connectivity index is 1.96. The summed E-state index contributed by atoms with van der Waals surface area (Å²) >= 11 is 12.0. The van der Waals surface area contributed by atoms with Gasteiger partial charge in [0.05, 0.1) is 28.3 Å². The number of rotatable bonds is 5. The Bertz CT molecular complexity index is 659. The fourth-order valence-corrected chi connectivity index (χ4v) is 2.51. The molecule has 116 valence electrons. The second-order valence-corrected chi connectivity index (χ2v) is 5.85. The van der Waals surface area contributed by atoms with Crippen LogP contribution in [0.2, 0.25) is 10.0 Å². The Kier molecular flexibility index (Phi) is 5.77. The number of carbonyl (C=O) groups excluding carboxylic acids is 1. The lowest BCUT2D eigenvalue weighted by Crippen LogP contribution is -3.08. The van der Waals surface area contributed by atoms with Gasteiger partial charge in [-0.1, -0.05) is 41.4 Å². The van der Waals surface area contributed by atoms with Crippen molar-refractivity contribution < 1.29 is 14.1 Å². The Morgan fingerprint density at radius 1 is 1.14 bits per heavy atom. The second kappa shape index (κ2) is 7.58. The van der Waals surface area contributed by atoms with Gasteiger partial charge in [-0.25, -0.2) is 4.39 Å². The van der Waals surface area contributed by atoms with Crippen molar-refractivity contribution in [3.63, 3.8) is 0 Å². The molecule has 1 unspecified atom stereocenters. The first-order chi connectivity index (χ1) is 10.5. The maximum Gasteiger partial charge on any atom is 0.279 e. The van der Waals surface area contributed by atoms with Crippen LogP contribution in [0.1, 0.15) is 5.56 Å². The molecule has 1 amide bonds. The highest BCUT2D eigenvalue weighted by atomic mass is 35.5. The van der Waals surface area contributed by atoms with Gasteiger partial charge in [0.25, 0.3) is 5.91 Å². The van der Waals surface area contributed by atoms with Crippen molar-refractivity contribution in [1.29, 1.82) is 0 Å². The van der Waals surface area contributed by atoms with Gasteiger partial charge >= 0.3 is 0 Å². The summed E-state index contributed by atoms with van der Waals surface area (Å²) in [7, 11) is 1.80. The molecular weight excluding hydrogens is 326 g/mol. The van der Waals surface area contributed by atoms with Crippen LogP contribution < -0.4 is 10.2 Å². The summed E-state index contributed by atoms with van der Waals surface area (Å²) in [6.07, 6.45) is 0. The van der Waals surface area contributed by atoms with Crippen molar-refractivity contribution in [3.05, 3.63) is 63.9 Å². The summed E-state index contributed by atoms with van der Waals surface area (Å²) in [5.41, 5.74) is 0.970. The molecule has 22 heavy (non-hydrogen) atoms. The number of nitrogens with one attached hydrogen (secondary N) is 2. The molecule has 2 aromatic carbocycles. The number of benzene rings is 2. The normalized spacial score (nSPS) is 12.0. The van der Waals surface area contributed by atoms with Crippen LogP contribution in [0.25, 0.3) is 0 Å². The fourth-order valence-electron chi connectivity index (χ4n) is 2.10. The standard InChI is InChI=1S/C16H15Cl2FN2O/c1-21(9-11-12(17)6-4-7-14(11)19)10-16(22)20-15-8-3-2-5-13(15)18/h2-8H,9-10H2,1H3,(H,20,22)/p+1. The molecule has 0 radical (unpaired) electrons. The van der Waals surface area contributed by atoms with Gasteiger partial charge in [-0.2, -0.15) is 0 Å². The van der Waals surface area contributed by atoms with Gasteiger partial charge in [0.15, 0.2) is 6.54 Å². The number of anilines is 1. The molecule has 0 aliphatic carbocycles. The first-order valence-electron chi connectivity index (χ1n) is 6.76. The average Bonchev–Trinajstić information content (AvgIpc) is 2.45. The minimum Gasteiger partial charge on any atom is -0.326 e. The van der Waals surface area contributed by atoms with E-state index < -0.39 is 0 Å². The quantitative estimate of drug-likeness (QED) is 0.861. The number of halogens is 3. The lowest BCUT2D eigenvalue weighted by molar-refractivity contribution is -0.885. The molecule has 3 nitrogen and oxygen atoms in total. The summed E-state index contributed by atoms with van der Waals surface area (Å²) in [6, 6.07) is 11.6. The Labute approximate surface area is 138 Å². The largest absolute Gasteiger partial charge is 0.326 e. The number of likely N-dealkylation sites (N-methyl/N-ethyl adjacent to an activating group) is 1. The van der Waals surface area contributed by atoms with E-state index in [1.54, 1.807) is 43.4 Å². The summed E-state index contributed by atoms with van der Waals surface area (Å²) < 4.78 is 13.7. The molecule has 0 aromatic heterocycles. The van der Waals surface area contributed by atoms with E-state index in [-0.39, 0.29) is 18.3 Å². The molecule has 0 spiro atoms. The van der Waals surface area contributed by atoms with Gasteiger partial charge < -0.3 is 10.2 Å². The van der Waals surface area contributed by atoms with E-state index >= 15 is 0 Å². The molecule has 0 aliphatic rings. The summed E-state index contributed by atoms with van der Waals surface area (Å²) in [5.74, 6) is -0.559. The molecule has 2 N–H and O–H groups in total. The summed E-state index contributed by atoms with van der Waals surface area (Å²) in [5, 5.41) is 3.58. The molecule has 0 fully saturated rings. The monoisotopic (exact) mass is 341 g/mol. The third-order valence-corrected chi connectivity index (χ3v) is 3.83. The van der Waals surface area contributed by atoms with Crippen molar-refractivity contribution >= 4 is 34.8 Å². The highest BCUT2D eigenvalue weighted by Gasteiger charge is 2.16. The Morgan fingerprint density at radius 3 is 2.50 bits per heavy atom. The first kappa shape index (κ1) is 16.7. The molecule has 0 aliphatic heterocycles. The zero-order valence-electron chi connectivity index (χ0n) is 12.0. The number of para-hydroxylation sites is 1. The van der Waals surface area contributed by atoms with Crippen LogP contribution in [-0.2, 0) is 11.3 Å². The third-order valence-electron chi connectivity index (χ3n) is 3.15. The lowest BCUT2D eigenvalue weighted by atomic mass is 10.2. The topological polar surface area (TPSA) is 33.5 Å². The van der Waals surface area contributed by atoms with Crippen LogP contribution in [0.5, 0.6) is 0 Å². The zero-order chi connectivity index (χ0) is 16.1. The highest BCUT2D eigenvalue weighted by Crippen LogP contribution is 2.20. The van der Waals surface area contributed by atoms with E-state index in [9.17, 15) is 9.18 Å². The smallest absolute Gasteiger partial charge is 0.279 e. The van der Waals surface area contributed by atoms with E-state index in [1.807, 2.05) is 0 Å². The number of hydrogen-bond acceptors (Lipinski definition) is 1. The third kappa shape index (κ3) is 4.44. The van der Waals surface area contributed by atoms with E-state index in [0.29, 0.717) is 27.8 Å². The van der Waals surface area contributed by atoms with Crippen LogP contribution in [0.15, 0.2) is 42.5 Å². The average molecular weight is 342 g/mol. The fraction of sp³-hybridized carbons (Fsp3) is 0.188. The van der Waals surface area contributed by atoms with Crippen molar-refractivity contribution in [2.24, 2.45) is 0 Å². The maximum absolute atomic E-state index is 13.7. The SMILES string of the molecule is C[NH+](CC(=O)Nc1ccccc1Cl)Cc1c(F)cccc1Cl. The molecule has 0 heterocycles. The number of quaternary nitrogens is 1. The Hall–Kier alpha value is -1.62. The molecule has 6 heteroatoms. The zero-order valence-corrected chi connectivity index (χ0v) is 13.5. The van der Waals surface area contributed by atoms with E-state index in [1.165, 1.54) is 6.07 Å². The van der Waals surface area contributed by atoms with Gasteiger partial charge in [0, 0.05) is 0 Å². The van der Waals surface area contributed by atoms with Gasteiger partial charge in [-0.15, -0.1) is 0 Å². The summed E-state index contributed by atoms with van der Waals surface area (Å²) in [4.78, 5) is 12.8. The molecule has 0 saturated carbocycles. The molecule has 1 atom stereocenters. The first-order valence-corrected chi connectivity index (χ1v) is 7.51. The van der Waals surface area contributed by atoms with Crippen molar-refractivity contribution in [1.82, 2.24) is 0 Å². The predicted octanol–water partition coefficient (Wildman–Crippen LogP) is 2.79.